The van der Waals surface area contributed by atoms with Crippen LogP contribution in [-0.2, 0) is 0 Å². The molecule has 2 aromatic heterocycles. The number of fused-ring (bicyclic) bond motifs is 6. The first-order valence-electron chi connectivity index (χ1n) is 15.3. The van der Waals surface area contributed by atoms with Gasteiger partial charge < -0.3 is 0 Å². The van der Waals surface area contributed by atoms with Gasteiger partial charge in [-0.1, -0.05) is 0 Å². The summed E-state index contributed by atoms with van der Waals surface area (Å²) in [5, 5.41) is 5.26. The summed E-state index contributed by atoms with van der Waals surface area (Å²) < 4.78 is 5.29. The van der Waals surface area contributed by atoms with Gasteiger partial charge in [-0.25, -0.2) is 0 Å². The fourth-order valence-corrected chi connectivity index (χ4v) is 9.15. The molecule has 9 rings (SSSR count). The van der Waals surface area contributed by atoms with E-state index >= 15 is 0 Å². The second kappa shape index (κ2) is 10.7. The van der Waals surface area contributed by atoms with E-state index in [-0.39, 0.29) is 14.5 Å². The quantitative estimate of drug-likeness (QED) is 0.170. The Morgan fingerprint density at radius 3 is 1.87 bits per heavy atom. The zero-order valence-electron chi connectivity index (χ0n) is 24.5. The van der Waals surface area contributed by atoms with Gasteiger partial charge in [0.05, 0.1) is 0 Å². The van der Waals surface area contributed by atoms with Crippen LogP contribution >= 0.6 is 0 Å². The number of anilines is 3. The molecular weight excluding hydrogens is 611 g/mol. The maximum absolute atomic E-state index is 2.45. The summed E-state index contributed by atoms with van der Waals surface area (Å²) in [6.07, 6.45) is 0. The Hall–Kier alpha value is -5.34. The molecule has 0 radical (unpaired) electrons. The van der Waals surface area contributed by atoms with Crippen LogP contribution in [0.4, 0.5) is 17.1 Å². The third-order valence-corrected chi connectivity index (χ3v) is 11.2. The van der Waals surface area contributed by atoms with Gasteiger partial charge in [0.25, 0.3) is 0 Å². The number of rotatable bonds is 5. The second-order valence-corrected chi connectivity index (χ2v) is 13.7. The van der Waals surface area contributed by atoms with Crippen LogP contribution in [0.15, 0.2) is 170 Å². The Kier molecular flexibility index (Phi) is 6.19. The van der Waals surface area contributed by atoms with Crippen LogP contribution in [0.25, 0.3) is 57.9 Å². The molecule has 0 saturated carbocycles. The van der Waals surface area contributed by atoms with Gasteiger partial charge in [-0.05, 0) is 0 Å². The van der Waals surface area contributed by atoms with E-state index in [1.807, 2.05) is 0 Å². The van der Waals surface area contributed by atoms with Crippen molar-refractivity contribution < 1.29 is 0 Å². The summed E-state index contributed by atoms with van der Waals surface area (Å²) in [4.78, 5) is 2.45. The minimum atomic E-state index is 0.274. The van der Waals surface area contributed by atoms with E-state index in [2.05, 4.69) is 179 Å². The molecule has 0 bridgehead atoms. The normalized spacial score (nSPS) is 11.6. The van der Waals surface area contributed by atoms with Gasteiger partial charge in [-0.3, -0.25) is 0 Å². The number of hydrogen-bond donors (Lipinski definition) is 0. The van der Waals surface area contributed by atoms with Crippen molar-refractivity contribution in [3.05, 3.63) is 170 Å². The monoisotopic (exact) mass is 640 g/mol. The van der Waals surface area contributed by atoms with Gasteiger partial charge >= 0.3 is 269 Å². The Morgan fingerprint density at radius 2 is 1.02 bits per heavy atom. The molecule has 2 nitrogen and oxygen atoms in total. The Balaban J connectivity index is 1.33. The van der Waals surface area contributed by atoms with E-state index in [1.54, 1.807) is 0 Å². The zero-order valence-corrected chi connectivity index (χ0v) is 26.2. The number of aromatic nitrogens is 1. The predicted octanol–water partition coefficient (Wildman–Crippen LogP) is 11.3. The first-order chi connectivity index (χ1) is 22.3. The first kappa shape index (κ1) is 26.1. The number of nitrogens with zero attached hydrogens (tertiary/aromatic N) is 2. The molecule has 0 fully saturated rings. The summed E-state index contributed by atoms with van der Waals surface area (Å²) >= 11 is 0.274. The van der Waals surface area contributed by atoms with Crippen LogP contribution in [-0.4, -0.2) is 19.1 Å². The van der Waals surface area contributed by atoms with E-state index in [9.17, 15) is 0 Å². The zero-order chi connectivity index (χ0) is 29.7. The van der Waals surface area contributed by atoms with Gasteiger partial charge in [0.2, 0.25) is 0 Å². The van der Waals surface area contributed by atoms with Crippen LogP contribution in [0, 0.1) is 0 Å². The van der Waals surface area contributed by atoms with Crippen molar-refractivity contribution in [2.24, 2.45) is 0 Å². The van der Waals surface area contributed by atoms with Crippen molar-refractivity contribution >= 4 is 72.7 Å². The van der Waals surface area contributed by atoms with Crippen molar-refractivity contribution in [1.29, 1.82) is 0 Å². The molecule has 0 amide bonds. The van der Waals surface area contributed by atoms with E-state index in [0.29, 0.717) is 0 Å². The standard InChI is InChI=1S/C42H28N2Se/c1-3-13-29(14-4-1)33-17-7-10-20-38(33)43(32-24-26-37-36-19-9-12-22-41(36)45-42(37)28-32)31-23-25-35-34-18-8-11-21-39(34)44(40(35)27-31)30-15-5-2-6-16-30/h1-28H. The van der Waals surface area contributed by atoms with Crippen molar-refractivity contribution in [3.8, 4) is 16.8 Å². The van der Waals surface area contributed by atoms with Crippen LogP contribution in [0.2, 0.25) is 0 Å². The summed E-state index contributed by atoms with van der Waals surface area (Å²) in [6.45, 7) is 0. The summed E-state index contributed by atoms with van der Waals surface area (Å²) in [5.41, 5.74) is 9.45. The number of hydrogen-bond acceptors (Lipinski definition) is 1. The molecule has 0 saturated heterocycles. The molecule has 7 aromatic carbocycles. The molecule has 0 N–H and O–H groups in total. The molecule has 0 aliphatic heterocycles. The number of benzene rings is 7. The first-order valence-corrected chi connectivity index (χ1v) is 17.0. The third-order valence-electron chi connectivity index (χ3n) is 8.78. The van der Waals surface area contributed by atoms with Crippen LogP contribution < -0.4 is 4.90 Å². The molecule has 0 aliphatic carbocycles. The van der Waals surface area contributed by atoms with E-state index in [4.69, 9.17) is 0 Å². The summed E-state index contributed by atoms with van der Waals surface area (Å²) in [7, 11) is 0. The average Bonchev–Trinajstić information content (AvgIpc) is 3.64. The van der Waals surface area contributed by atoms with Gasteiger partial charge in [0.1, 0.15) is 0 Å². The number of para-hydroxylation sites is 3. The maximum atomic E-state index is 2.45. The second-order valence-electron chi connectivity index (χ2n) is 11.4. The SMILES string of the molecule is c1ccc(-c2ccccc2N(c2ccc3c(c2)[se]c2ccccc23)c2ccc3c4ccccc4n(-c4ccccc4)c3c2)cc1. The average molecular weight is 640 g/mol. The van der Waals surface area contributed by atoms with E-state index in [1.165, 1.54) is 57.9 Å². The summed E-state index contributed by atoms with van der Waals surface area (Å²) in [6, 6.07) is 61.9. The molecule has 0 spiro atoms. The molecule has 3 heteroatoms. The minimum absolute atomic E-state index is 0.274. The molecule has 45 heavy (non-hydrogen) atoms. The molecule has 212 valence electrons. The molecule has 0 atom stereocenters. The molecule has 9 aromatic rings. The fraction of sp³-hybridized carbons (Fsp3) is 0. The Labute approximate surface area is 267 Å². The van der Waals surface area contributed by atoms with Crippen LogP contribution in [0.1, 0.15) is 0 Å². The van der Waals surface area contributed by atoms with Gasteiger partial charge in [-0.15, -0.1) is 0 Å². The molecule has 0 unspecified atom stereocenters. The molecule has 0 aliphatic rings. The Morgan fingerprint density at radius 1 is 0.422 bits per heavy atom. The van der Waals surface area contributed by atoms with E-state index < -0.39 is 0 Å². The van der Waals surface area contributed by atoms with Gasteiger partial charge in [0, 0.05) is 0 Å². The van der Waals surface area contributed by atoms with Crippen LogP contribution in [0.3, 0.4) is 0 Å². The van der Waals surface area contributed by atoms with Crippen molar-refractivity contribution in [3.63, 3.8) is 0 Å². The third kappa shape index (κ3) is 4.32. The van der Waals surface area contributed by atoms with Crippen molar-refractivity contribution in [2.75, 3.05) is 4.90 Å². The topological polar surface area (TPSA) is 8.17 Å². The Bertz CT molecular complexity index is 2490. The van der Waals surface area contributed by atoms with Gasteiger partial charge in [-0.2, -0.15) is 0 Å². The fourth-order valence-electron chi connectivity index (χ4n) is 6.76. The van der Waals surface area contributed by atoms with Crippen LogP contribution in [0.5, 0.6) is 0 Å². The molecular formula is C42H28N2Se. The van der Waals surface area contributed by atoms with Gasteiger partial charge in [0.15, 0.2) is 0 Å². The van der Waals surface area contributed by atoms with Crippen molar-refractivity contribution in [1.82, 2.24) is 4.57 Å². The predicted molar refractivity (Wildman–Crippen MR) is 193 cm³/mol. The van der Waals surface area contributed by atoms with Crippen molar-refractivity contribution in [2.45, 2.75) is 0 Å². The molecule has 2 heterocycles. The van der Waals surface area contributed by atoms with E-state index in [0.717, 1.165) is 17.1 Å². The summed E-state index contributed by atoms with van der Waals surface area (Å²) in [5.74, 6) is 0.